The fourth-order valence-electron chi connectivity index (χ4n) is 1.38. The summed E-state index contributed by atoms with van der Waals surface area (Å²) in [5.74, 6) is -4.27. The second kappa shape index (κ2) is 4.06. The van der Waals surface area contributed by atoms with Gasteiger partial charge in [-0.2, -0.15) is 0 Å². The Hall–Kier alpha value is -1.50. The molecule has 2 aromatic rings. The van der Waals surface area contributed by atoms with Crippen LogP contribution in [0.5, 0.6) is 0 Å². The minimum absolute atomic E-state index is 0.111. The van der Waals surface area contributed by atoms with Gasteiger partial charge in [0.15, 0.2) is 17.5 Å². The van der Waals surface area contributed by atoms with Crippen LogP contribution >= 0.6 is 15.9 Å². The minimum atomic E-state index is -1.57. The molecule has 0 saturated heterocycles. The monoisotopic (exact) mass is 306 g/mol. The van der Waals surface area contributed by atoms with Gasteiger partial charge in [-0.1, -0.05) is 0 Å². The van der Waals surface area contributed by atoms with E-state index in [1.807, 2.05) is 0 Å². The molecular formula is C10H6BrF3N2O. The zero-order valence-electron chi connectivity index (χ0n) is 8.52. The molecule has 1 N–H and O–H groups in total. The van der Waals surface area contributed by atoms with Gasteiger partial charge >= 0.3 is 0 Å². The van der Waals surface area contributed by atoms with Crippen LogP contribution in [0.2, 0.25) is 0 Å². The molecule has 1 aromatic heterocycles. The minimum Gasteiger partial charge on any atom is -0.294 e. The Morgan fingerprint density at radius 1 is 1.24 bits per heavy atom. The molecule has 0 aliphatic rings. The number of aryl methyl sites for hydroxylation is 1. The van der Waals surface area contributed by atoms with E-state index in [-0.39, 0.29) is 10.2 Å². The molecule has 3 nitrogen and oxygen atoms in total. The number of H-pyrrole nitrogens is 1. The number of halogens is 4. The van der Waals surface area contributed by atoms with Crippen molar-refractivity contribution in [2.75, 3.05) is 0 Å². The van der Waals surface area contributed by atoms with Crippen molar-refractivity contribution >= 4 is 15.9 Å². The van der Waals surface area contributed by atoms with Crippen LogP contribution in [0.4, 0.5) is 13.2 Å². The molecule has 17 heavy (non-hydrogen) atoms. The average Bonchev–Trinajstić information content (AvgIpc) is 2.53. The second-order valence-electron chi connectivity index (χ2n) is 3.41. The SMILES string of the molecule is Cc1[nH]n(-c2cc(F)c(F)c(F)c2)c(=O)c1Br. The van der Waals surface area contributed by atoms with Crippen LogP contribution < -0.4 is 5.56 Å². The summed E-state index contributed by atoms with van der Waals surface area (Å²) in [5, 5.41) is 2.60. The van der Waals surface area contributed by atoms with Crippen molar-refractivity contribution < 1.29 is 13.2 Å². The summed E-state index contributed by atoms with van der Waals surface area (Å²) >= 11 is 3.02. The highest BCUT2D eigenvalue weighted by atomic mass is 79.9. The lowest BCUT2D eigenvalue weighted by Gasteiger charge is -2.03. The zero-order valence-corrected chi connectivity index (χ0v) is 10.1. The Morgan fingerprint density at radius 2 is 1.76 bits per heavy atom. The Labute approximate surface area is 102 Å². The van der Waals surface area contributed by atoms with E-state index in [4.69, 9.17) is 0 Å². The van der Waals surface area contributed by atoms with Crippen molar-refractivity contribution in [3.05, 3.63) is 50.1 Å². The van der Waals surface area contributed by atoms with Gasteiger partial charge in [0.05, 0.1) is 5.69 Å². The summed E-state index contributed by atoms with van der Waals surface area (Å²) < 4.78 is 39.9. The van der Waals surface area contributed by atoms with Crippen molar-refractivity contribution in [1.29, 1.82) is 0 Å². The van der Waals surface area contributed by atoms with Crippen molar-refractivity contribution in [1.82, 2.24) is 9.78 Å². The quantitative estimate of drug-likeness (QED) is 0.808. The maximum Gasteiger partial charge on any atom is 0.285 e. The Morgan fingerprint density at radius 3 is 2.18 bits per heavy atom. The molecular weight excluding hydrogens is 301 g/mol. The van der Waals surface area contributed by atoms with Gasteiger partial charge in [-0.25, -0.2) is 17.9 Å². The smallest absolute Gasteiger partial charge is 0.285 e. The maximum atomic E-state index is 13.0. The molecule has 1 heterocycles. The molecule has 1 aromatic carbocycles. The first-order valence-electron chi connectivity index (χ1n) is 4.54. The third kappa shape index (κ3) is 1.90. The molecule has 0 atom stereocenters. The highest BCUT2D eigenvalue weighted by molar-refractivity contribution is 9.10. The number of nitrogens with zero attached hydrogens (tertiary/aromatic N) is 1. The topological polar surface area (TPSA) is 37.8 Å². The van der Waals surface area contributed by atoms with Crippen LogP contribution in [-0.4, -0.2) is 9.78 Å². The standard InChI is InChI=1S/C10H6BrF3N2O/c1-4-8(11)10(17)16(15-4)5-2-6(12)9(14)7(13)3-5/h2-3,15H,1H3. The second-order valence-corrected chi connectivity index (χ2v) is 4.21. The molecule has 0 aliphatic carbocycles. The van der Waals surface area contributed by atoms with Crippen LogP contribution in [0.3, 0.4) is 0 Å². The van der Waals surface area contributed by atoms with Gasteiger partial charge in [0.25, 0.3) is 5.56 Å². The lowest BCUT2D eigenvalue weighted by molar-refractivity contribution is 0.445. The molecule has 0 spiro atoms. The summed E-state index contributed by atoms with van der Waals surface area (Å²) in [7, 11) is 0. The zero-order chi connectivity index (χ0) is 12.7. The van der Waals surface area contributed by atoms with Gasteiger partial charge in [-0.3, -0.25) is 9.89 Å². The molecule has 0 aliphatic heterocycles. The first-order valence-corrected chi connectivity index (χ1v) is 5.33. The molecule has 0 fully saturated rings. The van der Waals surface area contributed by atoms with E-state index in [1.54, 1.807) is 6.92 Å². The van der Waals surface area contributed by atoms with Crippen molar-refractivity contribution in [2.24, 2.45) is 0 Å². The summed E-state index contributed by atoms with van der Waals surface area (Å²) in [6, 6.07) is 1.48. The maximum absolute atomic E-state index is 13.0. The molecule has 0 saturated carbocycles. The first kappa shape index (κ1) is 12.0. The third-order valence-electron chi connectivity index (χ3n) is 2.23. The summed E-state index contributed by atoms with van der Waals surface area (Å²) in [4.78, 5) is 11.6. The highest BCUT2D eigenvalue weighted by Gasteiger charge is 2.15. The molecule has 0 radical (unpaired) electrons. The van der Waals surface area contributed by atoms with E-state index >= 15 is 0 Å². The van der Waals surface area contributed by atoms with Gasteiger partial charge in [0.2, 0.25) is 0 Å². The third-order valence-corrected chi connectivity index (χ3v) is 3.16. The van der Waals surface area contributed by atoms with Crippen LogP contribution in [0.1, 0.15) is 5.69 Å². The van der Waals surface area contributed by atoms with Gasteiger partial charge in [0.1, 0.15) is 4.47 Å². The lowest BCUT2D eigenvalue weighted by Crippen LogP contribution is -2.15. The number of rotatable bonds is 1. The van der Waals surface area contributed by atoms with Crippen molar-refractivity contribution in [2.45, 2.75) is 6.92 Å². The number of aromatic nitrogens is 2. The van der Waals surface area contributed by atoms with Gasteiger partial charge < -0.3 is 0 Å². The number of aromatic amines is 1. The van der Waals surface area contributed by atoms with Crippen LogP contribution in [0.15, 0.2) is 21.4 Å². The van der Waals surface area contributed by atoms with Crippen molar-refractivity contribution in [3.8, 4) is 5.69 Å². The summed E-state index contributed by atoms with van der Waals surface area (Å²) in [5.41, 5.74) is -0.117. The summed E-state index contributed by atoms with van der Waals surface area (Å²) in [6.45, 7) is 1.61. The molecule has 2 rings (SSSR count). The molecule has 7 heteroatoms. The van der Waals surface area contributed by atoms with Crippen molar-refractivity contribution in [3.63, 3.8) is 0 Å². The fraction of sp³-hybridized carbons (Fsp3) is 0.100. The molecule has 0 bridgehead atoms. The van der Waals surface area contributed by atoms with E-state index in [2.05, 4.69) is 21.0 Å². The molecule has 0 amide bonds. The molecule has 90 valence electrons. The van der Waals surface area contributed by atoms with Crippen LogP contribution in [0.25, 0.3) is 5.69 Å². The van der Waals surface area contributed by atoms with Crippen LogP contribution in [-0.2, 0) is 0 Å². The van der Waals surface area contributed by atoms with Gasteiger partial charge in [0, 0.05) is 17.8 Å². The van der Waals surface area contributed by atoms with E-state index in [0.717, 1.165) is 16.8 Å². The van der Waals surface area contributed by atoms with E-state index < -0.39 is 23.0 Å². The number of nitrogens with one attached hydrogen (secondary N) is 1. The number of hydrogen-bond donors (Lipinski definition) is 1. The predicted octanol–water partition coefficient (Wildman–Crippen LogP) is 2.65. The highest BCUT2D eigenvalue weighted by Crippen LogP contribution is 2.17. The number of hydrogen-bond acceptors (Lipinski definition) is 1. The predicted molar refractivity (Wildman–Crippen MR) is 58.7 cm³/mol. The normalized spacial score (nSPS) is 10.9. The fourth-order valence-corrected chi connectivity index (χ4v) is 1.65. The lowest BCUT2D eigenvalue weighted by atomic mass is 10.3. The average molecular weight is 307 g/mol. The van der Waals surface area contributed by atoms with E-state index in [1.165, 1.54) is 0 Å². The number of benzene rings is 1. The van der Waals surface area contributed by atoms with E-state index in [9.17, 15) is 18.0 Å². The first-order chi connectivity index (χ1) is 7.91. The summed E-state index contributed by atoms with van der Waals surface area (Å²) in [6.07, 6.45) is 0. The Balaban J connectivity index is 2.69. The van der Waals surface area contributed by atoms with E-state index in [0.29, 0.717) is 5.69 Å². The van der Waals surface area contributed by atoms with Crippen LogP contribution in [0, 0.1) is 24.4 Å². The van der Waals surface area contributed by atoms with Gasteiger partial charge in [-0.15, -0.1) is 0 Å². The largest absolute Gasteiger partial charge is 0.294 e. The molecule has 0 unspecified atom stereocenters. The van der Waals surface area contributed by atoms with Gasteiger partial charge in [-0.05, 0) is 22.9 Å². The Bertz CT molecular complexity index is 624. The Kier molecular flexibility index (Phi) is 2.86.